The minimum Gasteiger partial charge on any atom is -0.369 e. The lowest BCUT2D eigenvalue weighted by Gasteiger charge is -2.34. The molecule has 9 heteroatoms. The fourth-order valence-electron chi connectivity index (χ4n) is 4.31. The number of hydrogen-bond acceptors (Lipinski definition) is 8. The molecule has 2 aliphatic heterocycles. The van der Waals surface area contributed by atoms with Crippen LogP contribution in [0.15, 0.2) is 61.1 Å². The van der Waals surface area contributed by atoms with E-state index < -0.39 is 0 Å². The van der Waals surface area contributed by atoms with E-state index in [1.165, 1.54) is 5.69 Å². The van der Waals surface area contributed by atoms with Crippen LogP contribution < -0.4 is 15.5 Å². The molecule has 5 heterocycles. The highest BCUT2D eigenvalue weighted by Gasteiger charge is 2.19. The zero-order valence-electron chi connectivity index (χ0n) is 18.4. The van der Waals surface area contributed by atoms with Crippen molar-refractivity contribution in [3.05, 3.63) is 72.3 Å². The van der Waals surface area contributed by atoms with Crippen LogP contribution in [0, 0.1) is 0 Å². The average Bonchev–Trinajstić information content (AvgIpc) is 3.32. The Kier molecular flexibility index (Phi) is 4.88. The van der Waals surface area contributed by atoms with E-state index in [9.17, 15) is 0 Å². The number of piperazine rings is 1. The van der Waals surface area contributed by atoms with Crippen molar-refractivity contribution in [2.75, 3.05) is 55.3 Å². The summed E-state index contributed by atoms with van der Waals surface area (Å²) >= 11 is 0. The molecule has 2 aliphatic rings. The van der Waals surface area contributed by atoms with Crippen LogP contribution in [0.25, 0.3) is 11.2 Å². The Labute approximate surface area is 191 Å². The summed E-state index contributed by atoms with van der Waals surface area (Å²) in [5, 5.41) is 11.0. The first-order valence-electron chi connectivity index (χ1n) is 11.2. The van der Waals surface area contributed by atoms with Gasteiger partial charge in [-0.3, -0.25) is 0 Å². The molecule has 1 saturated heterocycles. The summed E-state index contributed by atoms with van der Waals surface area (Å²) in [5.41, 5.74) is 5.86. The Morgan fingerprint density at radius 3 is 2.85 bits per heavy atom. The van der Waals surface area contributed by atoms with Crippen molar-refractivity contribution < 1.29 is 0 Å². The quantitative estimate of drug-likeness (QED) is 0.502. The van der Waals surface area contributed by atoms with Crippen LogP contribution in [0.2, 0.25) is 0 Å². The predicted octanol–water partition coefficient (Wildman–Crippen LogP) is 2.87. The molecule has 166 valence electrons. The van der Waals surface area contributed by atoms with Gasteiger partial charge in [0.05, 0.1) is 11.9 Å². The third-order valence-corrected chi connectivity index (χ3v) is 6.16. The summed E-state index contributed by atoms with van der Waals surface area (Å²) in [5.74, 6) is 1.37. The van der Waals surface area contributed by atoms with Crippen LogP contribution in [0.3, 0.4) is 0 Å². The van der Waals surface area contributed by atoms with Gasteiger partial charge in [-0.05, 0) is 31.3 Å². The highest BCUT2D eigenvalue weighted by molar-refractivity contribution is 5.86. The number of hydrogen-bond donors (Lipinski definition) is 2. The van der Waals surface area contributed by atoms with Crippen LogP contribution in [0.1, 0.15) is 11.3 Å². The zero-order valence-corrected chi connectivity index (χ0v) is 18.4. The topological polar surface area (TPSA) is 86.5 Å². The van der Waals surface area contributed by atoms with Gasteiger partial charge in [0.25, 0.3) is 0 Å². The van der Waals surface area contributed by atoms with E-state index in [0.717, 1.165) is 60.2 Å². The van der Waals surface area contributed by atoms with Crippen molar-refractivity contribution in [3.8, 4) is 0 Å². The van der Waals surface area contributed by atoms with Crippen molar-refractivity contribution in [1.82, 2.24) is 29.5 Å². The first kappa shape index (κ1) is 19.7. The van der Waals surface area contributed by atoms with E-state index in [2.05, 4.69) is 61.8 Å². The third kappa shape index (κ3) is 3.87. The molecule has 4 aromatic rings. The van der Waals surface area contributed by atoms with Crippen molar-refractivity contribution in [3.63, 3.8) is 0 Å². The normalized spacial score (nSPS) is 16.3. The molecule has 6 rings (SSSR count). The van der Waals surface area contributed by atoms with Gasteiger partial charge in [-0.1, -0.05) is 12.1 Å². The number of fused-ring (bicyclic) bond motifs is 2. The summed E-state index contributed by atoms with van der Waals surface area (Å²) in [6.07, 6.45) is 7.64. The molecule has 33 heavy (non-hydrogen) atoms. The molecule has 9 nitrogen and oxygen atoms in total. The smallest absolute Gasteiger partial charge is 0.229 e. The molecule has 3 aromatic heterocycles. The number of likely N-dealkylation sites (N-methyl/N-ethyl adjacent to an activating group) is 1. The zero-order chi connectivity index (χ0) is 22.2. The Bertz CT molecular complexity index is 1330. The molecule has 2 N–H and O–H groups in total. The monoisotopic (exact) mass is 439 g/mol. The second-order valence-corrected chi connectivity index (χ2v) is 8.37. The molecule has 0 bridgehead atoms. The molecule has 1 fully saturated rings. The SMILES string of the molecule is CN1CCN(c2cccc(Nc3ncc4c(n3)NCC=C4c3ccn4nccc4n3)c2)CC1. The summed E-state index contributed by atoms with van der Waals surface area (Å²) < 4.78 is 1.76. The first-order chi connectivity index (χ1) is 16.2. The Balaban J connectivity index is 1.24. The Hall–Kier alpha value is -3.98. The van der Waals surface area contributed by atoms with Crippen molar-refractivity contribution in [2.24, 2.45) is 0 Å². The number of anilines is 4. The van der Waals surface area contributed by atoms with Gasteiger partial charge in [0.2, 0.25) is 5.95 Å². The van der Waals surface area contributed by atoms with Gasteiger partial charge in [-0.15, -0.1) is 0 Å². The molecule has 0 amide bonds. The van der Waals surface area contributed by atoms with Crippen molar-refractivity contribution in [1.29, 1.82) is 0 Å². The maximum atomic E-state index is 4.75. The minimum atomic E-state index is 0.567. The fourth-order valence-corrected chi connectivity index (χ4v) is 4.31. The summed E-state index contributed by atoms with van der Waals surface area (Å²) in [6, 6.07) is 12.3. The van der Waals surface area contributed by atoms with E-state index in [0.29, 0.717) is 12.5 Å². The lowest BCUT2D eigenvalue weighted by Crippen LogP contribution is -2.44. The Morgan fingerprint density at radius 2 is 1.94 bits per heavy atom. The maximum Gasteiger partial charge on any atom is 0.229 e. The van der Waals surface area contributed by atoms with E-state index in [1.807, 2.05) is 30.6 Å². The number of rotatable bonds is 4. The first-order valence-corrected chi connectivity index (χ1v) is 11.2. The van der Waals surface area contributed by atoms with Crippen molar-refractivity contribution in [2.45, 2.75) is 0 Å². The molecule has 0 saturated carbocycles. The molecule has 0 spiro atoms. The van der Waals surface area contributed by atoms with E-state index >= 15 is 0 Å². The lowest BCUT2D eigenvalue weighted by atomic mass is 10.0. The Morgan fingerprint density at radius 1 is 1.03 bits per heavy atom. The number of benzene rings is 1. The molecule has 0 radical (unpaired) electrons. The van der Waals surface area contributed by atoms with Crippen LogP contribution in [-0.2, 0) is 0 Å². The summed E-state index contributed by atoms with van der Waals surface area (Å²) in [6.45, 7) is 4.91. The average molecular weight is 440 g/mol. The van der Waals surface area contributed by atoms with Crippen LogP contribution in [-0.4, -0.2) is 69.2 Å². The number of nitrogens with one attached hydrogen (secondary N) is 2. The molecule has 0 atom stereocenters. The van der Waals surface area contributed by atoms with Gasteiger partial charge in [0.1, 0.15) is 5.82 Å². The standard InChI is InChI=1S/C24H25N9/c1-31-11-13-32(14-12-31)18-4-2-3-17(15-18)28-24-26-16-20-19(5-8-25-23(20)30-24)21-7-10-33-22(29-21)6-9-27-33/h2-7,9-10,15-16H,8,11-14H2,1H3,(H2,25,26,28,30). The third-order valence-electron chi connectivity index (χ3n) is 6.16. The van der Waals surface area contributed by atoms with Crippen molar-refractivity contribution >= 4 is 34.4 Å². The maximum absolute atomic E-state index is 4.75. The van der Waals surface area contributed by atoms with Crippen LogP contribution >= 0.6 is 0 Å². The highest BCUT2D eigenvalue weighted by Crippen LogP contribution is 2.31. The van der Waals surface area contributed by atoms with Gasteiger partial charge >= 0.3 is 0 Å². The van der Waals surface area contributed by atoms with E-state index in [-0.39, 0.29) is 0 Å². The number of aromatic nitrogens is 5. The van der Waals surface area contributed by atoms with Crippen LogP contribution in [0.5, 0.6) is 0 Å². The van der Waals surface area contributed by atoms with Gasteiger partial charge < -0.3 is 20.4 Å². The summed E-state index contributed by atoms with van der Waals surface area (Å²) in [7, 11) is 2.17. The molecule has 0 aliphatic carbocycles. The molecular weight excluding hydrogens is 414 g/mol. The largest absolute Gasteiger partial charge is 0.369 e. The van der Waals surface area contributed by atoms with Gasteiger partial charge in [0.15, 0.2) is 5.65 Å². The molecule has 0 unspecified atom stereocenters. The van der Waals surface area contributed by atoms with Gasteiger partial charge in [0, 0.05) is 73.7 Å². The fraction of sp³-hybridized carbons (Fsp3) is 0.250. The molecular formula is C24H25N9. The number of nitrogens with zero attached hydrogens (tertiary/aromatic N) is 7. The second-order valence-electron chi connectivity index (χ2n) is 8.37. The minimum absolute atomic E-state index is 0.567. The van der Waals surface area contributed by atoms with E-state index in [4.69, 9.17) is 9.97 Å². The van der Waals surface area contributed by atoms with Gasteiger partial charge in [-0.2, -0.15) is 10.1 Å². The summed E-state index contributed by atoms with van der Waals surface area (Å²) in [4.78, 5) is 18.9. The highest BCUT2D eigenvalue weighted by atomic mass is 15.3. The van der Waals surface area contributed by atoms with Gasteiger partial charge in [-0.25, -0.2) is 14.5 Å². The van der Waals surface area contributed by atoms with E-state index in [1.54, 1.807) is 10.7 Å². The predicted molar refractivity (Wildman–Crippen MR) is 130 cm³/mol. The second kappa shape index (κ2) is 8.18. The lowest BCUT2D eigenvalue weighted by molar-refractivity contribution is 0.313. The van der Waals surface area contributed by atoms with Crippen LogP contribution in [0.4, 0.5) is 23.1 Å². The molecule has 1 aromatic carbocycles.